The highest BCUT2D eigenvalue weighted by atomic mass is 16.2. The lowest BCUT2D eigenvalue weighted by molar-refractivity contribution is 0.101. The number of rotatable bonds is 6. The van der Waals surface area contributed by atoms with Gasteiger partial charge in [-0.1, -0.05) is 37.3 Å². The first-order chi connectivity index (χ1) is 13.1. The second kappa shape index (κ2) is 8.27. The third-order valence-electron chi connectivity index (χ3n) is 4.20. The third-order valence-corrected chi connectivity index (χ3v) is 4.20. The van der Waals surface area contributed by atoms with Gasteiger partial charge in [0, 0.05) is 28.8 Å². The minimum atomic E-state index is -0.267. The van der Waals surface area contributed by atoms with Gasteiger partial charge in [-0.05, 0) is 49.2 Å². The smallest absolute Gasteiger partial charge is 0.274 e. The molecular weight excluding hydrogens is 338 g/mol. The monoisotopic (exact) mass is 359 g/mol. The number of anilines is 3. The number of carbonyl (C=O) groups excluding carboxylic acids is 2. The van der Waals surface area contributed by atoms with E-state index in [1.807, 2.05) is 43.3 Å². The summed E-state index contributed by atoms with van der Waals surface area (Å²) >= 11 is 0. The van der Waals surface area contributed by atoms with Crippen molar-refractivity contribution in [3.63, 3.8) is 0 Å². The van der Waals surface area contributed by atoms with Crippen molar-refractivity contribution < 1.29 is 9.59 Å². The van der Waals surface area contributed by atoms with Crippen LogP contribution >= 0.6 is 0 Å². The Morgan fingerprint density at radius 3 is 2.52 bits per heavy atom. The summed E-state index contributed by atoms with van der Waals surface area (Å²) in [6.45, 7) is 3.57. The van der Waals surface area contributed by atoms with E-state index < -0.39 is 0 Å². The highest BCUT2D eigenvalue weighted by Crippen LogP contribution is 2.20. The van der Waals surface area contributed by atoms with E-state index in [1.54, 1.807) is 30.5 Å². The van der Waals surface area contributed by atoms with Gasteiger partial charge in [0.1, 0.15) is 5.69 Å². The zero-order chi connectivity index (χ0) is 19.2. The van der Waals surface area contributed by atoms with Crippen molar-refractivity contribution in [2.24, 2.45) is 0 Å². The molecule has 0 saturated carbocycles. The van der Waals surface area contributed by atoms with Gasteiger partial charge in [0.25, 0.3) is 5.91 Å². The van der Waals surface area contributed by atoms with Crippen LogP contribution in [0.1, 0.15) is 40.3 Å². The Balaban J connectivity index is 1.78. The molecule has 0 aliphatic heterocycles. The van der Waals surface area contributed by atoms with Gasteiger partial charge < -0.3 is 10.6 Å². The van der Waals surface area contributed by atoms with Gasteiger partial charge in [-0.15, -0.1) is 0 Å². The number of pyridine rings is 1. The lowest BCUT2D eigenvalue weighted by atomic mass is 10.1. The van der Waals surface area contributed by atoms with Gasteiger partial charge in [-0.25, -0.2) is 0 Å². The molecule has 0 aliphatic rings. The molecule has 0 saturated heterocycles. The van der Waals surface area contributed by atoms with Gasteiger partial charge >= 0.3 is 0 Å². The number of amides is 1. The largest absolute Gasteiger partial charge is 0.355 e. The first-order valence-corrected chi connectivity index (χ1v) is 8.80. The van der Waals surface area contributed by atoms with Crippen molar-refractivity contribution in [3.8, 4) is 0 Å². The summed E-state index contributed by atoms with van der Waals surface area (Å²) in [5, 5.41) is 6.13. The number of ketones is 1. The molecule has 2 N–H and O–H groups in total. The number of hydrogen-bond acceptors (Lipinski definition) is 4. The Labute approximate surface area is 158 Å². The second-order valence-electron chi connectivity index (χ2n) is 6.16. The Kier molecular flexibility index (Phi) is 5.61. The second-order valence-corrected chi connectivity index (χ2v) is 6.16. The summed E-state index contributed by atoms with van der Waals surface area (Å²) in [7, 11) is 0. The van der Waals surface area contributed by atoms with Crippen molar-refractivity contribution in [3.05, 3.63) is 83.7 Å². The van der Waals surface area contributed by atoms with E-state index >= 15 is 0 Å². The standard InChI is InChI=1S/C22H21N3O2/c1-3-16-7-4-5-10-20(16)25-22(27)21-14-19(11-12-23-21)24-18-9-6-8-17(13-18)15(2)26/h4-14H,3H2,1-2H3,(H,23,24)(H,25,27). The summed E-state index contributed by atoms with van der Waals surface area (Å²) in [4.78, 5) is 28.3. The third kappa shape index (κ3) is 4.58. The van der Waals surface area contributed by atoms with Crippen molar-refractivity contribution in [2.45, 2.75) is 20.3 Å². The van der Waals surface area contributed by atoms with Crippen LogP contribution in [0.5, 0.6) is 0 Å². The van der Waals surface area contributed by atoms with E-state index in [1.165, 1.54) is 6.92 Å². The van der Waals surface area contributed by atoms with Gasteiger partial charge in [-0.2, -0.15) is 0 Å². The molecule has 0 spiro atoms. The van der Waals surface area contributed by atoms with E-state index in [0.29, 0.717) is 11.3 Å². The number of carbonyl (C=O) groups is 2. The molecular formula is C22H21N3O2. The quantitative estimate of drug-likeness (QED) is 0.618. The fourth-order valence-corrected chi connectivity index (χ4v) is 2.75. The number of benzene rings is 2. The van der Waals surface area contributed by atoms with Gasteiger partial charge in [0.2, 0.25) is 0 Å². The van der Waals surface area contributed by atoms with E-state index in [9.17, 15) is 9.59 Å². The number of para-hydroxylation sites is 1. The molecule has 0 radical (unpaired) electrons. The normalized spacial score (nSPS) is 10.3. The van der Waals surface area contributed by atoms with Crippen LogP contribution in [0, 0.1) is 0 Å². The summed E-state index contributed by atoms with van der Waals surface area (Å²) < 4.78 is 0. The molecule has 136 valence electrons. The molecule has 0 aliphatic carbocycles. The van der Waals surface area contributed by atoms with Crippen molar-refractivity contribution in [1.29, 1.82) is 0 Å². The maximum atomic E-state index is 12.6. The summed E-state index contributed by atoms with van der Waals surface area (Å²) in [6, 6.07) is 18.4. The number of nitrogens with one attached hydrogen (secondary N) is 2. The van der Waals surface area contributed by atoms with Crippen LogP contribution in [-0.4, -0.2) is 16.7 Å². The van der Waals surface area contributed by atoms with Crippen LogP contribution in [0.15, 0.2) is 66.9 Å². The highest BCUT2D eigenvalue weighted by Gasteiger charge is 2.11. The van der Waals surface area contributed by atoms with E-state index in [0.717, 1.165) is 29.0 Å². The fraction of sp³-hybridized carbons (Fsp3) is 0.136. The first-order valence-electron chi connectivity index (χ1n) is 8.80. The maximum Gasteiger partial charge on any atom is 0.274 e. The molecule has 1 aromatic heterocycles. The average molecular weight is 359 g/mol. The molecule has 1 amide bonds. The number of nitrogens with zero attached hydrogens (tertiary/aromatic N) is 1. The predicted molar refractivity (Wildman–Crippen MR) is 108 cm³/mol. The number of Topliss-reactive ketones (excluding diaryl/α,β-unsaturated/α-hetero) is 1. The van der Waals surface area contributed by atoms with E-state index in [2.05, 4.69) is 15.6 Å². The minimum absolute atomic E-state index is 0.00281. The van der Waals surface area contributed by atoms with E-state index in [4.69, 9.17) is 0 Å². The summed E-state index contributed by atoms with van der Waals surface area (Å²) in [5.41, 5.74) is 4.30. The first kappa shape index (κ1) is 18.3. The molecule has 2 aromatic carbocycles. The lowest BCUT2D eigenvalue weighted by Crippen LogP contribution is -2.15. The fourth-order valence-electron chi connectivity index (χ4n) is 2.75. The molecule has 5 nitrogen and oxygen atoms in total. The predicted octanol–water partition coefficient (Wildman–Crippen LogP) is 4.84. The van der Waals surface area contributed by atoms with Crippen LogP contribution < -0.4 is 10.6 Å². The molecule has 1 heterocycles. The van der Waals surface area contributed by atoms with Crippen LogP contribution in [0.25, 0.3) is 0 Å². The minimum Gasteiger partial charge on any atom is -0.355 e. The van der Waals surface area contributed by atoms with Crippen LogP contribution in [0.3, 0.4) is 0 Å². The molecule has 0 bridgehead atoms. The Morgan fingerprint density at radius 2 is 1.74 bits per heavy atom. The molecule has 3 aromatic rings. The average Bonchev–Trinajstić information content (AvgIpc) is 2.69. The molecule has 0 atom stereocenters. The molecule has 5 heteroatoms. The number of hydrogen-bond donors (Lipinski definition) is 2. The molecule has 0 unspecified atom stereocenters. The summed E-state index contributed by atoms with van der Waals surface area (Å²) in [6.07, 6.45) is 2.41. The zero-order valence-corrected chi connectivity index (χ0v) is 15.3. The lowest BCUT2D eigenvalue weighted by Gasteiger charge is -2.11. The summed E-state index contributed by atoms with van der Waals surface area (Å²) in [5.74, 6) is -0.264. The van der Waals surface area contributed by atoms with Crippen molar-refractivity contribution >= 4 is 28.8 Å². The van der Waals surface area contributed by atoms with Crippen LogP contribution in [0.4, 0.5) is 17.1 Å². The van der Waals surface area contributed by atoms with Crippen molar-refractivity contribution in [2.75, 3.05) is 10.6 Å². The van der Waals surface area contributed by atoms with Gasteiger partial charge in [0.05, 0.1) is 0 Å². The zero-order valence-electron chi connectivity index (χ0n) is 15.3. The van der Waals surface area contributed by atoms with Gasteiger partial charge in [0.15, 0.2) is 5.78 Å². The van der Waals surface area contributed by atoms with Crippen molar-refractivity contribution in [1.82, 2.24) is 4.98 Å². The topological polar surface area (TPSA) is 71.1 Å². The maximum absolute atomic E-state index is 12.6. The SMILES string of the molecule is CCc1ccccc1NC(=O)c1cc(Nc2cccc(C(C)=O)c2)ccn1. The molecule has 0 fully saturated rings. The number of aromatic nitrogens is 1. The van der Waals surface area contributed by atoms with Crippen LogP contribution in [0.2, 0.25) is 0 Å². The molecule has 3 rings (SSSR count). The Morgan fingerprint density at radius 1 is 0.963 bits per heavy atom. The van der Waals surface area contributed by atoms with E-state index in [-0.39, 0.29) is 11.7 Å². The number of aryl methyl sites for hydroxylation is 1. The highest BCUT2D eigenvalue weighted by molar-refractivity contribution is 6.03. The Bertz CT molecular complexity index is 983. The van der Waals surface area contributed by atoms with Crippen LogP contribution in [-0.2, 0) is 6.42 Å². The molecule has 27 heavy (non-hydrogen) atoms. The Hall–Kier alpha value is -3.47. The van der Waals surface area contributed by atoms with Gasteiger partial charge in [-0.3, -0.25) is 14.6 Å².